The van der Waals surface area contributed by atoms with Gasteiger partial charge in [-0.25, -0.2) is 0 Å². The zero-order chi connectivity index (χ0) is 24.8. The number of hydrogen-bond acceptors (Lipinski definition) is 5. The summed E-state index contributed by atoms with van der Waals surface area (Å²) < 4.78 is 5.09. The summed E-state index contributed by atoms with van der Waals surface area (Å²) in [5.41, 5.74) is 1.34. The Morgan fingerprint density at radius 1 is 1.06 bits per heavy atom. The van der Waals surface area contributed by atoms with Crippen LogP contribution in [-0.4, -0.2) is 23.8 Å². The lowest BCUT2D eigenvalue weighted by Crippen LogP contribution is -2.31. The monoisotopic (exact) mass is 499 g/mol. The Balaban J connectivity index is 1.97. The van der Waals surface area contributed by atoms with Gasteiger partial charge in [-0.15, -0.1) is 0 Å². The van der Waals surface area contributed by atoms with E-state index in [0.29, 0.717) is 27.6 Å². The molecule has 0 aliphatic heterocycles. The second-order valence-electron chi connectivity index (χ2n) is 7.12. The van der Waals surface area contributed by atoms with Crippen molar-refractivity contribution in [3.63, 3.8) is 0 Å². The van der Waals surface area contributed by atoms with E-state index in [1.165, 1.54) is 43.5 Å². The Morgan fingerprint density at radius 3 is 2.47 bits per heavy atom. The van der Waals surface area contributed by atoms with E-state index >= 15 is 0 Å². The fourth-order valence-corrected chi connectivity index (χ4v) is 3.49. The number of benzene rings is 3. The van der Waals surface area contributed by atoms with E-state index in [1.54, 1.807) is 37.3 Å². The van der Waals surface area contributed by atoms with Gasteiger partial charge in [-0.3, -0.25) is 19.7 Å². The number of ether oxygens (including phenoxy) is 1. The predicted molar refractivity (Wildman–Crippen MR) is 131 cm³/mol. The number of non-ortho nitro benzene ring substituents is 1. The first-order valence-electron chi connectivity index (χ1n) is 9.86. The number of carbonyl (C=O) groups is 2. The minimum absolute atomic E-state index is 0.114. The van der Waals surface area contributed by atoms with Gasteiger partial charge in [-0.1, -0.05) is 35.3 Å². The number of carbonyl (C=O) groups excluding carboxylic acids is 2. The molecule has 10 heteroatoms. The summed E-state index contributed by atoms with van der Waals surface area (Å²) in [7, 11) is 1.47. The van der Waals surface area contributed by atoms with Crippen molar-refractivity contribution in [3.8, 4) is 5.75 Å². The van der Waals surface area contributed by atoms with Crippen molar-refractivity contribution in [2.45, 2.75) is 6.92 Å². The molecule has 3 aromatic carbocycles. The fourth-order valence-electron chi connectivity index (χ4n) is 3.01. The summed E-state index contributed by atoms with van der Waals surface area (Å²) >= 11 is 12.2. The van der Waals surface area contributed by atoms with E-state index in [2.05, 4.69) is 10.6 Å². The van der Waals surface area contributed by atoms with Crippen molar-refractivity contribution in [3.05, 3.63) is 103 Å². The maximum absolute atomic E-state index is 13.1. The van der Waals surface area contributed by atoms with Crippen molar-refractivity contribution < 1.29 is 19.2 Å². The van der Waals surface area contributed by atoms with E-state index in [1.807, 2.05) is 0 Å². The normalized spacial score (nSPS) is 11.0. The molecule has 0 aliphatic carbocycles. The third-order valence-corrected chi connectivity index (χ3v) is 5.29. The van der Waals surface area contributed by atoms with Gasteiger partial charge in [-0.05, 0) is 60.5 Å². The van der Waals surface area contributed by atoms with Gasteiger partial charge >= 0.3 is 0 Å². The highest BCUT2D eigenvalue weighted by atomic mass is 35.5. The molecular weight excluding hydrogens is 481 g/mol. The Morgan fingerprint density at radius 2 is 1.82 bits per heavy atom. The molecule has 3 rings (SSSR count). The van der Waals surface area contributed by atoms with Crippen molar-refractivity contribution in [2.75, 3.05) is 12.4 Å². The van der Waals surface area contributed by atoms with Gasteiger partial charge in [0, 0.05) is 22.8 Å². The average molecular weight is 500 g/mol. The van der Waals surface area contributed by atoms with E-state index in [4.69, 9.17) is 27.9 Å². The lowest BCUT2D eigenvalue weighted by molar-refractivity contribution is -0.384. The highest BCUT2D eigenvalue weighted by Crippen LogP contribution is 2.24. The lowest BCUT2D eigenvalue weighted by atomic mass is 10.1. The molecule has 0 bridgehead atoms. The number of nitrogens with zero attached hydrogens (tertiary/aromatic N) is 1. The summed E-state index contributed by atoms with van der Waals surface area (Å²) in [6, 6.07) is 15.1. The number of aryl methyl sites for hydroxylation is 1. The molecule has 174 valence electrons. The number of amides is 2. The first kappa shape index (κ1) is 24.8. The lowest BCUT2D eigenvalue weighted by Gasteiger charge is -2.14. The third-order valence-electron chi connectivity index (χ3n) is 4.74. The van der Waals surface area contributed by atoms with E-state index < -0.39 is 16.7 Å². The van der Waals surface area contributed by atoms with Crippen molar-refractivity contribution >= 4 is 52.5 Å². The quantitative estimate of drug-likeness (QED) is 0.248. The summed E-state index contributed by atoms with van der Waals surface area (Å²) in [6.45, 7) is 1.77. The Kier molecular flexibility index (Phi) is 7.88. The smallest absolute Gasteiger partial charge is 0.272 e. The van der Waals surface area contributed by atoms with Crippen molar-refractivity contribution in [1.82, 2.24) is 5.32 Å². The summed E-state index contributed by atoms with van der Waals surface area (Å²) in [5.74, 6) is -0.827. The second kappa shape index (κ2) is 10.8. The molecule has 0 heterocycles. The van der Waals surface area contributed by atoms with Crippen molar-refractivity contribution in [2.24, 2.45) is 0 Å². The molecule has 0 aromatic heterocycles. The van der Waals surface area contributed by atoms with Gasteiger partial charge in [0.2, 0.25) is 0 Å². The minimum atomic E-state index is -0.646. The van der Waals surface area contributed by atoms with Crippen molar-refractivity contribution in [1.29, 1.82) is 0 Å². The van der Waals surface area contributed by atoms with Gasteiger partial charge in [0.15, 0.2) is 0 Å². The van der Waals surface area contributed by atoms with Crippen LogP contribution in [0, 0.1) is 17.0 Å². The van der Waals surface area contributed by atoms with Crippen LogP contribution in [0.2, 0.25) is 10.0 Å². The molecule has 0 unspecified atom stereocenters. The standard InChI is InChI=1S/C24H19Cl2N3O5/c1-14-10-16(25)6-9-21(14)27-24(31)22(12-15-4-3-5-17(11-15)29(32)33)28-23(30)19-8-7-18(34-2)13-20(19)26/h3-13H,1-2H3,(H,27,31)(H,28,30). The molecule has 0 fully saturated rings. The Bertz CT molecular complexity index is 1310. The summed E-state index contributed by atoms with van der Waals surface area (Å²) in [6.07, 6.45) is 1.34. The van der Waals surface area contributed by atoms with Crippen LogP contribution in [0.3, 0.4) is 0 Å². The molecule has 34 heavy (non-hydrogen) atoms. The predicted octanol–water partition coefficient (Wildman–Crippen LogP) is 5.63. The zero-order valence-corrected chi connectivity index (χ0v) is 19.6. The highest BCUT2D eigenvalue weighted by Gasteiger charge is 2.18. The van der Waals surface area contributed by atoms with E-state index in [0.717, 1.165) is 0 Å². The maximum atomic E-state index is 13.1. The molecule has 2 N–H and O–H groups in total. The fraction of sp³-hybridized carbons (Fsp3) is 0.0833. The largest absolute Gasteiger partial charge is 0.497 e. The number of halogens is 2. The summed E-state index contributed by atoms with van der Waals surface area (Å²) in [5, 5.41) is 17.0. The van der Waals surface area contributed by atoms with Crippen LogP contribution in [0.15, 0.2) is 66.4 Å². The van der Waals surface area contributed by atoms with Gasteiger partial charge < -0.3 is 15.4 Å². The third kappa shape index (κ3) is 6.12. The minimum Gasteiger partial charge on any atom is -0.497 e. The number of anilines is 1. The topological polar surface area (TPSA) is 111 Å². The van der Waals surface area contributed by atoms with Crippen LogP contribution in [-0.2, 0) is 4.79 Å². The average Bonchev–Trinajstić information content (AvgIpc) is 2.80. The number of rotatable bonds is 7. The van der Waals surface area contributed by atoms with Crippen LogP contribution in [0.25, 0.3) is 6.08 Å². The molecule has 0 spiro atoms. The van der Waals surface area contributed by atoms with Crippen LogP contribution < -0.4 is 15.4 Å². The molecule has 0 aliphatic rings. The first-order chi connectivity index (χ1) is 16.2. The second-order valence-corrected chi connectivity index (χ2v) is 7.97. The van der Waals surface area contributed by atoms with Gasteiger partial charge in [0.1, 0.15) is 11.4 Å². The molecule has 0 saturated carbocycles. The van der Waals surface area contributed by atoms with E-state index in [9.17, 15) is 19.7 Å². The van der Waals surface area contributed by atoms with Crippen LogP contribution in [0.4, 0.5) is 11.4 Å². The Labute approximate surface area is 205 Å². The van der Waals surface area contributed by atoms with E-state index in [-0.39, 0.29) is 22.0 Å². The van der Waals surface area contributed by atoms with Gasteiger partial charge in [0.05, 0.1) is 22.6 Å². The maximum Gasteiger partial charge on any atom is 0.272 e. The van der Waals surface area contributed by atoms with Gasteiger partial charge in [-0.2, -0.15) is 0 Å². The molecule has 2 amide bonds. The first-order valence-corrected chi connectivity index (χ1v) is 10.6. The van der Waals surface area contributed by atoms with Crippen LogP contribution in [0.5, 0.6) is 5.75 Å². The zero-order valence-electron chi connectivity index (χ0n) is 18.1. The highest BCUT2D eigenvalue weighted by molar-refractivity contribution is 6.34. The molecule has 8 nitrogen and oxygen atoms in total. The number of hydrogen-bond donors (Lipinski definition) is 2. The number of nitro benzene ring substituents is 1. The van der Waals surface area contributed by atoms with Crippen LogP contribution in [0.1, 0.15) is 21.5 Å². The molecule has 0 saturated heterocycles. The number of nitro groups is 1. The number of nitrogens with one attached hydrogen (secondary N) is 2. The Hall–Kier alpha value is -3.88. The summed E-state index contributed by atoms with van der Waals surface area (Å²) in [4.78, 5) is 36.6. The molecular formula is C24H19Cl2N3O5. The van der Waals surface area contributed by atoms with Gasteiger partial charge in [0.25, 0.3) is 17.5 Å². The van der Waals surface area contributed by atoms with Crippen LogP contribution >= 0.6 is 23.2 Å². The molecule has 0 atom stereocenters. The SMILES string of the molecule is COc1ccc(C(=O)NC(=Cc2cccc([N+](=O)[O-])c2)C(=O)Nc2ccc(Cl)cc2C)c(Cl)c1. The molecule has 0 radical (unpaired) electrons. The number of methoxy groups -OCH3 is 1. The molecule has 3 aromatic rings.